The Morgan fingerprint density at radius 1 is 0.284 bits per heavy atom. The topological polar surface area (TPSA) is 18.0 Å². The van der Waals surface area contributed by atoms with Crippen LogP contribution in [0.25, 0.3) is 82.5 Å². The van der Waals surface area contributed by atoms with Gasteiger partial charge in [-0.05, 0) is 181 Å². The molecule has 12 aromatic rings. The van der Waals surface area contributed by atoms with Gasteiger partial charge in [-0.25, -0.2) is 0 Å². The molecule has 7 heteroatoms. The first kappa shape index (κ1) is 41.6. The maximum atomic E-state index is 4.53. The molecule has 67 heavy (non-hydrogen) atoms. The Morgan fingerprint density at radius 2 is 0.552 bits per heavy atom. The molecule has 3 heterocycles. The van der Waals surface area contributed by atoms with Crippen LogP contribution >= 0.6 is 37.9 Å². The third kappa shape index (κ3) is 7.19. The van der Waals surface area contributed by atoms with E-state index in [0.717, 1.165) is 70.6 Å². The Hall–Kier alpha value is -6.77. The second kappa shape index (κ2) is 17.5. The van der Waals surface area contributed by atoms with E-state index in [4.69, 9.17) is 0 Å². The Bertz CT molecular complexity index is 3390. The maximum Gasteiger partial charge on any atom is 0.0541 e. The van der Waals surface area contributed by atoms with Crippen LogP contribution in [-0.4, -0.2) is 31.0 Å². The van der Waals surface area contributed by atoms with Gasteiger partial charge in [0, 0.05) is 66.4 Å². The van der Waals surface area contributed by atoms with E-state index >= 15 is 0 Å². The second-order valence-electron chi connectivity index (χ2n) is 17.4. The molecule has 0 saturated carbocycles. The van der Waals surface area contributed by atoms with E-state index in [-0.39, 0.29) is 0 Å². The first-order chi connectivity index (χ1) is 33.1. The van der Waals surface area contributed by atoms with Crippen LogP contribution in [0.15, 0.2) is 200 Å². The van der Waals surface area contributed by atoms with E-state index in [1.807, 2.05) is 0 Å². The summed E-state index contributed by atoms with van der Waals surface area (Å²) in [5.74, 6) is 2.47. The summed E-state index contributed by atoms with van der Waals surface area (Å²) in [6.07, 6.45) is 2.83. The van der Waals surface area contributed by atoms with Gasteiger partial charge in [-0.1, -0.05) is 72.8 Å². The van der Waals surface area contributed by atoms with Gasteiger partial charge in [-0.15, -0.1) is 0 Å². The molecule has 0 aliphatic carbocycles. The van der Waals surface area contributed by atoms with E-state index in [0.29, 0.717) is 0 Å². The lowest BCUT2D eigenvalue weighted by Gasteiger charge is -2.26. The first-order valence-corrected chi connectivity index (χ1v) is 25.0. The summed E-state index contributed by atoms with van der Waals surface area (Å²) in [4.78, 5) is 2.37. The number of aromatic nitrogens is 3. The zero-order valence-corrected chi connectivity index (χ0v) is 39.6. The highest BCUT2D eigenvalue weighted by molar-refractivity contribution is 7.80. The highest BCUT2D eigenvalue weighted by Crippen LogP contribution is 2.40. The zero-order chi connectivity index (χ0) is 45.0. The third-order valence-electron chi connectivity index (χ3n) is 13.5. The van der Waals surface area contributed by atoms with E-state index in [2.05, 4.69) is 257 Å². The third-order valence-corrected chi connectivity index (χ3v) is 14.2. The summed E-state index contributed by atoms with van der Waals surface area (Å²) in [7, 11) is 0. The average molecular weight is 921 g/mol. The van der Waals surface area contributed by atoms with Crippen molar-refractivity contribution in [3.8, 4) is 17.1 Å². The number of fused-ring (bicyclic) bond motifs is 9. The zero-order valence-electron chi connectivity index (χ0n) is 36.9. The van der Waals surface area contributed by atoms with E-state index in [9.17, 15) is 0 Å². The minimum Gasteiger partial charge on any atom is -0.310 e. The number of anilines is 3. The second-order valence-corrected chi connectivity index (χ2v) is 18.8. The maximum absolute atomic E-state index is 4.53. The Balaban J connectivity index is 0.980. The largest absolute Gasteiger partial charge is 0.310 e. The minimum absolute atomic E-state index is 0.823. The van der Waals surface area contributed by atoms with Gasteiger partial charge in [0.1, 0.15) is 0 Å². The minimum atomic E-state index is 0.823. The molecule has 4 nitrogen and oxygen atoms in total. The molecule has 326 valence electrons. The number of hydrogen-bond donors (Lipinski definition) is 3. The summed E-state index contributed by atoms with van der Waals surface area (Å²) in [5.41, 5.74) is 17.7. The molecule has 0 spiro atoms. The van der Waals surface area contributed by atoms with Crippen molar-refractivity contribution in [1.29, 1.82) is 0 Å². The highest BCUT2D eigenvalue weighted by Gasteiger charge is 2.19. The fourth-order valence-corrected chi connectivity index (χ4v) is 11.2. The Labute approximate surface area is 406 Å². The van der Waals surface area contributed by atoms with E-state index in [1.54, 1.807) is 0 Å². The van der Waals surface area contributed by atoms with Gasteiger partial charge in [0.2, 0.25) is 0 Å². The van der Waals surface area contributed by atoms with E-state index < -0.39 is 0 Å². The molecule has 0 N–H and O–H groups in total. The van der Waals surface area contributed by atoms with Crippen LogP contribution < -0.4 is 4.90 Å². The van der Waals surface area contributed by atoms with Crippen LogP contribution in [-0.2, 0) is 19.3 Å². The predicted octanol–water partition coefficient (Wildman–Crippen LogP) is 15.9. The molecule has 0 unspecified atom stereocenters. The number of nitrogens with zero attached hydrogens (tertiary/aromatic N) is 4. The van der Waals surface area contributed by atoms with Gasteiger partial charge in [-0.2, -0.15) is 37.9 Å². The lowest BCUT2D eigenvalue weighted by Crippen LogP contribution is -2.10. The van der Waals surface area contributed by atoms with Crippen molar-refractivity contribution in [2.24, 2.45) is 0 Å². The molecule has 0 fully saturated rings. The highest BCUT2D eigenvalue weighted by atomic mass is 32.1. The molecule has 9 aromatic carbocycles. The van der Waals surface area contributed by atoms with Gasteiger partial charge >= 0.3 is 0 Å². The molecule has 0 aliphatic heterocycles. The monoisotopic (exact) mass is 920 g/mol. The number of aryl methyl sites for hydroxylation is 3. The van der Waals surface area contributed by atoms with Crippen molar-refractivity contribution >= 4 is 120 Å². The van der Waals surface area contributed by atoms with Gasteiger partial charge in [0.05, 0.1) is 33.1 Å². The summed E-state index contributed by atoms with van der Waals surface area (Å²) < 4.78 is 7.19. The van der Waals surface area contributed by atoms with Gasteiger partial charge in [-0.3, -0.25) is 0 Å². The molecule has 0 atom stereocenters. The van der Waals surface area contributed by atoms with Crippen LogP contribution in [0.4, 0.5) is 17.1 Å². The number of para-hydroxylation sites is 3. The molecular weight excluding hydrogens is 873 g/mol. The number of benzene rings is 9. The summed E-state index contributed by atoms with van der Waals surface area (Å²) >= 11 is 13.6. The quantitative estimate of drug-likeness (QED) is 0.104. The van der Waals surface area contributed by atoms with Crippen LogP contribution in [0.2, 0.25) is 0 Å². The number of hydrogen-bond acceptors (Lipinski definition) is 4. The van der Waals surface area contributed by atoms with Crippen molar-refractivity contribution in [3.63, 3.8) is 0 Å². The van der Waals surface area contributed by atoms with Crippen molar-refractivity contribution < 1.29 is 0 Å². The molecule has 3 aromatic heterocycles. The molecule has 0 amide bonds. The summed E-state index contributed by atoms with van der Waals surface area (Å²) in [5, 5.41) is 7.57. The molecular formula is C60H48N4S3. The smallest absolute Gasteiger partial charge is 0.0541 e. The summed E-state index contributed by atoms with van der Waals surface area (Å²) in [6.45, 7) is 0. The van der Waals surface area contributed by atoms with Crippen molar-refractivity contribution in [2.75, 3.05) is 22.2 Å². The van der Waals surface area contributed by atoms with Crippen molar-refractivity contribution in [2.45, 2.75) is 19.3 Å². The number of rotatable bonds is 12. The lowest BCUT2D eigenvalue weighted by atomic mass is 10.1. The number of thiol groups is 3. The average Bonchev–Trinajstić information content (AvgIpc) is 4.00. The van der Waals surface area contributed by atoms with Gasteiger partial charge in [0.15, 0.2) is 0 Å². The van der Waals surface area contributed by atoms with Crippen LogP contribution in [0.3, 0.4) is 0 Å². The lowest BCUT2D eigenvalue weighted by molar-refractivity contribution is 1.15. The van der Waals surface area contributed by atoms with Crippen molar-refractivity contribution in [3.05, 3.63) is 217 Å². The normalized spacial score (nSPS) is 11.9. The van der Waals surface area contributed by atoms with E-state index in [1.165, 1.54) is 82.1 Å². The fraction of sp³-hybridized carbons (Fsp3) is 0.100. The Kier molecular flexibility index (Phi) is 10.9. The molecule has 0 saturated heterocycles. The standard InChI is InChI=1S/C60H48N4S3/c65-34-31-40-13-28-58-52(37-40)49-7-1-4-10-55(49)62(58)46-22-16-43(17-23-46)61(44-18-24-47(25-19-44)63-56-11-5-2-8-50(56)53-38-41(32-35-66)14-29-59(53)63)45-20-26-48(27-21-45)64-57-12-6-3-9-51(57)54-39-42(33-36-67)15-30-60(54)64/h1-30,37-39,65-67H,31-36H2. The summed E-state index contributed by atoms with van der Waals surface area (Å²) in [6, 6.07) is 74.0. The van der Waals surface area contributed by atoms with Gasteiger partial charge < -0.3 is 18.6 Å². The molecule has 0 radical (unpaired) electrons. The van der Waals surface area contributed by atoms with Crippen LogP contribution in [0, 0.1) is 0 Å². The SMILES string of the molecule is SCCc1ccc2c(c1)c1ccccc1n2-c1ccc(N(c2ccc(-n3c4ccccc4c4cc(CCS)ccc43)cc2)c2ccc(-n3c4ccccc4c4cc(CCS)ccc43)cc2)cc1. The first-order valence-electron chi connectivity index (χ1n) is 23.1. The van der Waals surface area contributed by atoms with Crippen LogP contribution in [0.1, 0.15) is 16.7 Å². The van der Waals surface area contributed by atoms with Gasteiger partial charge in [0.25, 0.3) is 0 Å². The molecule has 12 rings (SSSR count). The Morgan fingerprint density at radius 3 is 0.836 bits per heavy atom. The van der Waals surface area contributed by atoms with Crippen LogP contribution in [0.5, 0.6) is 0 Å². The predicted molar refractivity (Wildman–Crippen MR) is 297 cm³/mol. The molecule has 0 aliphatic rings. The molecule has 0 bridgehead atoms. The fourth-order valence-electron chi connectivity index (χ4n) is 10.4. The van der Waals surface area contributed by atoms with Crippen molar-refractivity contribution in [1.82, 2.24) is 13.7 Å².